The molecule has 5 heteroatoms. The molecule has 1 aromatic rings. The van der Waals surface area contributed by atoms with Crippen molar-refractivity contribution >= 4 is 0 Å². The second-order valence-electron chi connectivity index (χ2n) is 5.41. The SMILES string of the molecule is CCC1CCC(C(O)c2cccc(OC(F)(F)F)c2)C1. The molecule has 0 amide bonds. The van der Waals surface area contributed by atoms with Gasteiger partial charge in [0.1, 0.15) is 5.75 Å². The topological polar surface area (TPSA) is 29.5 Å². The molecule has 0 aliphatic heterocycles. The lowest BCUT2D eigenvalue weighted by molar-refractivity contribution is -0.274. The molecule has 112 valence electrons. The van der Waals surface area contributed by atoms with Crippen LogP contribution in [0.25, 0.3) is 0 Å². The summed E-state index contributed by atoms with van der Waals surface area (Å²) in [5.74, 6) is 0.462. The highest BCUT2D eigenvalue weighted by molar-refractivity contribution is 5.30. The van der Waals surface area contributed by atoms with Crippen LogP contribution >= 0.6 is 0 Å². The van der Waals surface area contributed by atoms with Crippen molar-refractivity contribution in [2.24, 2.45) is 11.8 Å². The van der Waals surface area contributed by atoms with Crippen LogP contribution in [0.1, 0.15) is 44.3 Å². The molecule has 0 aromatic heterocycles. The average molecular weight is 288 g/mol. The van der Waals surface area contributed by atoms with Gasteiger partial charge in [-0.3, -0.25) is 0 Å². The molecule has 1 aromatic carbocycles. The van der Waals surface area contributed by atoms with Crippen molar-refractivity contribution in [2.45, 2.75) is 45.1 Å². The summed E-state index contributed by atoms with van der Waals surface area (Å²) in [4.78, 5) is 0. The quantitative estimate of drug-likeness (QED) is 0.887. The summed E-state index contributed by atoms with van der Waals surface area (Å²) >= 11 is 0. The Labute approximate surface area is 116 Å². The number of ether oxygens (including phenoxy) is 1. The highest BCUT2D eigenvalue weighted by Crippen LogP contribution is 2.41. The fourth-order valence-electron chi connectivity index (χ4n) is 2.94. The standard InChI is InChI=1S/C15H19F3O2/c1-2-10-6-7-12(8-10)14(19)11-4-3-5-13(9-11)20-15(16,17)18/h3-5,9-10,12,14,19H,2,6-8H2,1H3. The highest BCUT2D eigenvalue weighted by Gasteiger charge is 2.32. The molecule has 0 bridgehead atoms. The van der Waals surface area contributed by atoms with Gasteiger partial charge in [-0.25, -0.2) is 0 Å². The van der Waals surface area contributed by atoms with Crippen LogP contribution < -0.4 is 4.74 Å². The molecule has 0 radical (unpaired) electrons. The second-order valence-corrected chi connectivity index (χ2v) is 5.41. The van der Waals surface area contributed by atoms with Gasteiger partial charge in [0.2, 0.25) is 0 Å². The van der Waals surface area contributed by atoms with Gasteiger partial charge in [-0.05, 0) is 42.4 Å². The van der Waals surface area contributed by atoms with E-state index in [1.807, 2.05) is 0 Å². The van der Waals surface area contributed by atoms with Crippen LogP contribution in [0.15, 0.2) is 24.3 Å². The van der Waals surface area contributed by atoms with Crippen LogP contribution in [0.4, 0.5) is 13.2 Å². The maximum Gasteiger partial charge on any atom is 0.573 e. The lowest BCUT2D eigenvalue weighted by Crippen LogP contribution is -2.17. The lowest BCUT2D eigenvalue weighted by Gasteiger charge is -2.19. The van der Waals surface area contributed by atoms with Gasteiger partial charge >= 0.3 is 6.36 Å². The van der Waals surface area contributed by atoms with Crippen molar-refractivity contribution in [3.05, 3.63) is 29.8 Å². The number of halogens is 3. The number of hydrogen-bond acceptors (Lipinski definition) is 2. The van der Waals surface area contributed by atoms with Gasteiger partial charge in [0.15, 0.2) is 0 Å². The molecule has 1 N–H and O–H groups in total. The van der Waals surface area contributed by atoms with E-state index in [1.165, 1.54) is 18.2 Å². The Bertz CT molecular complexity index is 445. The first-order valence-corrected chi connectivity index (χ1v) is 6.93. The molecule has 0 saturated heterocycles. The number of benzene rings is 1. The lowest BCUT2D eigenvalue weighted by atomic mass is 9.93. The van der Waals surface area contributed by atoms with Gasteiger partial charge in [-0.1, -0.05) is 31.9 Å². The summed E-state index contributed by atoms with van der Waals surface area (Å²) < 4.78 is 40.4. The van der Waals surface area contributed by atoms with Crippen LogP contribution in [-0.2, 0) is 0 Å². The Balaban J connectivity index is 2.07. The predicted octanol–water partition coefficient (Wildman–Crippen LogP) is 4.44. The molecular weight excluding hydrogens is 269 g/mol. The van der Waals surface area contributed by atoms with Crippen LogP contribution in [-0.4, -0.2) is 11.5 Å². The van der Waals surface area contributed by atoms with Gasteiger partial charge in [0.25, 0.3) is 0 Å². The smallest absolute Gasteiger partial charge is 0.406 e. The normalized spacial score (nSPS) is 24.6. The van der Waals surface area contributed by atoms with Crippen molar-refractivity contribution in [2.75, 3.05) is 0 Å². The minimum Gasteiger partial charge on any atom is -0.406 e. The van der Waals surface area contributed by atoms with Crippen molar-refractivity contribution in [1.29, 1.82) is 0 Å². The van der Waals surface area contributed by atoms with Crippen LogP contribution in [0.5, 0.6) is 5.75 Å². The van der Waals surface area contributed by atoms with Crippen LogP contribution in [0.2, 0.25) is 0 Å². The molecule has 20 heavy (non-hydrogen) atoms. The largest absolute Gasteiger partial charge is 0.573 e. The van der Waals surface area contributed by atoms with E-state index in [2.05, 4.69) is 11.7 Å². The Morgan fingerprint density at radius 3 is 2.70 bits per heavy atom. The maximum atomic E-state index is 12.2. The van der Waals surface area contributed by atoms with Crippen LogP contribution in [0.3, 0.4) is 0 Å². The minimum absolute atomic E-state index is 0.126. The third-order valence-corrected chi connectivity index (χ3v) is 4.04. The average Bonchev–Trinajstić information content (AvgIpc) is 2.85. The zero-order valence-corrected chi connectivity index (χ0v) is 11.4. The molecular formula is C15H19F3O2. The van der Waals surface area contributed by atoms with E-state index in [0.717, 1.165) is 25.7 Å². The Kier molecular flexibility index (Phi) is 4.58. The van der Waals surface area contributed by atoms with Gasteiger partial charge in [-0.2, -0.15) is 0 Å². The molecule has 3 atom stereocenters. The van der Waals surface area contributed by atoms with E-state index in [4.69, 9.17) is 0 Å². The molecule has 0 spiro atoms. The monoisotopic (exact) mass is 288 g/mol. The number of aliphatic hydroxyl groups excluding tert-OH is 1. The molecule has 0 heterocycles. The first-order chi connectivity index (χ1) is 9.39. The Morgan fingerprint density at radius 1 is 1.35 bits per heavy atom. The van der Waals surface area contributed by atoms with Gasteiger partial charge in [-0.15, -0.1) is 13.2 Å². The van der Waals surface area contributed by atoms with Crippen molar-refractivity contribution < 1.29 is 23.0 Å². The van der Waals surface area contributed by atoms with Gasteiger partial charge < -0.3 is 9.84 Å². The van der Waals surface area contributed by atoms with E-state index in [1.54, 1.807) is 6.07 Å². The number of hydrogen-bond donors (Lipinski definition) is 1. The fraction of sp³-hybridized carbons (Fsp3) is 0.600. The molecule has 3 unspecified atom stereocenters. The molecule has 1 fully saturated rings. The Morgan fingerprint density at radius 2 is 2.10 bits per heavy atom. The number of alkyl halides is 3. The van der Waals surface area contributed by atoms with Crippen molar-refractivity contribution in [3.63, 3.8) is 0 Å². The summed E-state index contributed by atoms with van der Waals surface area (Å²) in [5, 5.41) is 10.3. The molecule has 1 saturated carbocycles. The molecule has 2 nitrogen and oxygen atoms in total. The van der Waals surface area contributed by atoms with E-state index in [0.29, 0.717) is 11.5 Å². The fourth-order valence-corrected chi connectivity index (χ4v) is 2.94. The molecule has 2 rings (SSSR count). The summed E-state index contributed by atoms with van der Waals surface area (Å²) in [6.07, 6.45) is -1.41. The second kappa shape index (κ2) is 6.04. The van der Waals surface area contributed by atoms with E-state index in [-0.39, 0.29) is 11.7 Å². The zero-order valence-electron chi connectivity index (χ0n) is 11.4. The summed E-state index contributed by atoms with van der Waals surface area (Å²) in [6.45, 7) is 2.12. The van der Waals surface area contributed by atoms with Gasteiger partial charge in [0.05, 0.1) is 6.10 Å². The summed E-state index contributed by atoms with van der Waals surface area (Å²) in [5.41, 5.74) is 0.494. The number of rotatable bonds is 4. The maximum absolute atomic E-state index is 12.2. The van der Waals surface area contributed by atoms with E-state index < -0.39 is 12.5 Å². The van der Waals surface area contributed by atoms with E-state index in [9.17, 15) is 18.3 Å². The summed E-state index contributed by atoms with van der Waals surface area (Å²) in [7, 11) is 0. The third-order valence-electron chi connectivity index (χ3n) is 4.04. The van der Waals surface area contributed by atoms with Crippen molar-refractivity contribution in [3.8, 4) is 5.75 Å². The highest BCUT2D eigenvalue weighted by atomic mass is 19.4. The van der Waals surface area contributed by atoms with Crippen LogP contribution in [0, 0.1) is 11.8 Å². The zero-order chi connectivity index (χ0) is 14.8. The molecule has 1 aliphatic carbocycles. The van der Waals surface area contributed by atoms with Gasteiger partial charge in [0, 0.05) is 0 Å². The van der Waals surface area contributed by atoms with E-state index >= 15 is 0 Å². The predicted molar refractivity (Wildman–Crippen MR) is 69.2 cm³/mol. The molecule has 1 aliphatic rings. The third kappa shape index (κ3) is 3.88. The van der Waals surface area contributed by atoms with Crippen molar-refractivity contribution in [1.82, 2.24) is 0 Å². The number of aliphatic hydroxyl groups is 1. The minimum atomic E-state index is -4.70. The first-order valence-electron chi connectivity index (χ1n) is 6.93. The summed E-state index contributed by atoms with van der Waals surface area (Å²) in [6, 6.07) is 5.64. The first kappa shape index (κ1) is 15.2. The Hall–Kier alpha value is -1.23.